The van der Waals surface area contributed by atoms with E-state index in [2.05, 4.69) is 4.72 Å². The second-order valence-electron chi connectivity index (χ2n) is 5.68. The molecule has 0 aliphatic rings. The van der Waals surface area contributed by atoms with Crippen LogP contribution in [0.1, 0.15) is 34.1 Å². The van der Waals surface area contributed by atoms with Crippen molar-refractivity contribution >= 4 is 10.0 Å². The highest BCUT2D eigenvalue weighted by Gasteiger charge is 2.24. The van der Waals surface area contributed by atoms with Gasteiger partial charge in [-0.3, -0.25) is 0 Å². The molecule has 126 valence electrons. The molecular formula is C17H23NO4S. The zero-order valence-electron chi connectivity index (χ0n) is 14.1. The molecule has 2 aromatic rings. The minimum absolute atomic E-state index is 0.109. The molecule has 5 nitrogen and oxygen atoms in total. The minimum atomic E-state index is -3.63. The molecule has 0 saturated carbocycles. The fraction of sp³-hybridized carbons (Fsp3) is 0.412. The number of rotatable bonds is 6. The van der Waals surface area contributed by atoms with E-state index in [4.69, 9.17) is 9.15 Å². The van der Waals surface area contributed by atoms with E-state index in [0.717, 1.165) is 22.3 Å². The lowest BCUT2D eigenvalue weighted by Crippen LogP contribution is -2.30. The van der Waals surface area contributed by atoms with Gasteiger partial charge in [-0.2, -0.15) is 0 Å². The van der Waals surface area contributed by atoms with Gasteiger partial charge < -0.3 is 9.15 Å². The molecule has 6 heteroatoms. The van der Waals surface area contributed by atoms with Gasteiger partial charge in [-0.25, -0.2) is 13.1 Å². The molecule has 0 fully saturated rings. The predicted molar refractivity (Wildman–Crippen MR) is 89.0 cm³/mol. The first-order valence-electron chi connectivity index (χ1n) is 7.41. The molecule has 0 saturated heterocycles. The normalized spacial score (nSPS) is 13.3. The number of aryl methyl sites for hydroxylation is 2. The topological polar surface area (TPSA) is 68.5 Å². The molecule has 1 aromatic carbocycles. The quantitative estimate of drug-likeness (QED) is 0.879. The lowest BCUT2D eigenvalue weighted by molar-refractivity contribution is 0.0878. The summed E-state index contributed by atoms with van der Waals surface area (Å²) in [6.07, 6.45) is 1.07. The summed E-state index contributed by atoms with van der Waals surface area (Å²) in [4.78, 5) is 0.351. The zero-order chi connectivity index (χ0) is 17.2. The van der Waals surface area contributed by atoms with Crippen LogP contribution in [0.4, 0.5) is 0 Å². The van der Waals surface area contributed by atoms with Crippen LogP contribution in [-0.4, -0.2) is 22.1 Å². The molecule has 0 aliphatic carbocycles. The van der Waals surface area contributed by atoms with Crippen LogP contribution in [0.2, 0.25) is 0 Å². The fourth-order valence-corrected chi connectivity index (χ4v) is 4.26. The van der Waals surface area contributed by atoms with Crippen LogP contribution in [-0.2, 0) is 14.8 Å². The largest absolute Gasteiger partial charge is 0.467 e. The minimum Gasteiger partial charge on any atom is -0.467 e. The van der Waals surface area contributed by atoms with Crippen molar-refractivity contribution in [3.8, 4) is 0 Å². The number of nitrogens with one attached hydrogen (secondary N) is 1. The first kappa shape index (κ1) is 17.7. The van der Waals surface area contributed by atoms with E-state index >= 15 is 0 Å². The third-order valence-electron chi connectivity index (χ3n) is 4.17. The Morgan fingerprint density at radius 3 is 2.26 bits per heavy atom. The van der Waals surface area contributed by atoms with Crippen molar-refractivity contribution in [3.63, 3.8) is 0 Å². The summed E-state index contributed by atoms with van der Waals surface area (Å²) in [7, 11) is -2.11. The van der Waals surface area contributed by atoms with Crippen LogP contribution >= 0.6 is 0 Å². The average molecular weight is 337 g/mol. The Kier molecular flexibility index (Phi) is 5.29. The highest BCUT2D eigenvalue weighted by molar-refractivity contribution is 7.89. The van der Waals surface area contributed by atoms with Crippen LogP contribution in [0.15, 0.2) is 33.8 Å². The van der Waals surface area contributed by atoms with E-state index in [-0.39, 0.29) is 6.54 Å². The summed E-state index contributed by atoms with van der Waals surface area (Å²) in [5.41, 5.74) is 3.46. The molecule has 0 bridgehead atoms. The first-order chi connectivity index (χ1) is 10.8. The van der Waals surface area contributed by atoms with Gasteiger partial charge in [0.05, 0.1) is 11.2 Å². The van der Waals surface area contributed by atoms with Gasteiger partial charge in [-0.05, 0) is 62.1 Å². The number of hydrogen-bond donors (Lipinski definition) is 1. The number of furan rings is 1. The van der Waals surface area contributed by atoms with Gasteiger partial charge in [-0.1, -0.05) is 6.07 Å². The molecule has 1 aromatic heterocycles. The Morgan fingerprint density at radius 2 is 1.78 bits per heavy atom. The summed E-state index contributed by atoms with van der Waals surface area (Å²) in [5, 5.41) is 0. The fourth-order valence-electron chi connectivity index (χ4n) is 2.62. The molecule has 1 heterocycles. The van der Waals surface area contributed by atoms with Crippen molar-refractivity contribution in [3.05, 3.63) is 52.5 Å². The monoisotopic (exact) mass is 337 g/mol. The molecule has 2 rings (SSSR count). The summed E-state index contributed by atoms with van der Waals surface area (Å²) >= 11 is 0. The molecule has 0 spiro atoms. The van der Waals surface area contributed by atoms with Gasteiger partial charge in [0.25, 0.3) is 0 Å². The van der Waals surface area contributed by atoms with Crippen LogP contribution < -0.4 is 4.72 Å². The predicted octanol–water partition coefficient (Wildman–Crippen LogP) is 3.18. The van der Waals surface area contributed by atoms with Gasteiger partial charge in [0.15, 0.2) is 0 Å². The van der Waals surface area contributed by atoms with Gasteiger partial charge in [0.1, 0.15) is 11.9 Å². The number of hydrogen-bond acceptors (Lipinski definition) is 4. The SMILES string of the molecule is COC(CNS(=O)(=O)c1c(C)c(C)cc(C)c1C)c1ccco1. The van der Waals surface area contributed by atoms with E-state index in [1.54, 1.807) is 12.1 Å². The molecule has 1 atom stereocenters. The van der Waals surface area contributed by atoms with E-state index in [1.807, 2.05) is 33.8 Å². The number of benzene rings is 1. The lowest BCUT2D eigenvalue weighted by atomic mass is 10.0. The second-order valence-corrected chi connectivity index (χ2v) is 7.38. The smallest absolute Gasteiger partial charge is 0.241 e. The average Bonchev–Trinajstić information content (AvgIpc) is 3.00. The number of sulfonamides is 1. The Morgan fingerprint density at radius 1 is 1.17 bits per heavy atom. The van der Waals surface area contributed by atoms with Crippen molar-refractivity contribution in [2.24, 2.45) is 0 Å². The molecule has 1 unspecified atom stereocenters. The number of ether oxygens (including phenoxy) is 1. The van der Waals surface area contributed by atoms with Gasteiger partial charge in [0, 0.05) is 13.7 Å². The second kappa shape index (κ2) is 6.86. The van der Waals surface area contributed by atoms with E-state index in [9.17, 15) is 8.42 Å². The third-order valence-corrected chi connectivity index (χ3v) is 5.87. The number of methoxy groups -OCH3 is 1. The maximum Gasteiger partial charge on any atom is 0.241 e. The summed E-state index contributed by atoms with van der Waals surface area (Å²) < 4.78 is 38.8. The molecular weight excluding hydrogens is 314 g/mol. The lowest BCUT2D eigenvalue weighted by Gasteiger charge is -2.18. The van der Waals surface area contributed by atoms with Gasteiger partial charge in [0.2, 0.25) is 10.0 Å². The highest BCUT2D eigenvalue weighted by Crippen LogP contribution is 2.26. The van der Waals surface area contributed by atoms with Gasteiger partial charge >= 0.3 is 0 Å². The van der Waals surface area contributed by atoms with E-state index < -0.39 is 16.1 Å². The Hall–Kier alpha value is -1.63. The van der Waals surface area contributed by atoms with Crippen molar-refractivity contribution in [1.29, 1.82) is 0 Å². The zero-order valence-corrected chi connectivity index (χ0v) is 15.0. The van der Waals surface area contributed by atoms with Crippen molar-refractivity contribution in [2.45, 2.75) is 38.7 Å². The summed E-state index contributed by atoms with van der Waals surface area (Å²) in [6.45, 7) is 7.61. The Balaban J connectivity index is 2.30. The van der Waals surface area contributed by atoms with Crippen molar-refractivity contribution < 1.29 is 17.6 Å². The van der Waals surface area contributed by atoms with Crippen LogP contribution in [0, 0.1) is 27.7 Å². The molecule has 1 N–H and O–H groups in total. The molecule has 0 aliphatic heterocycles. The maximum absolute atomic E-state index is 12.8. The molecule has 0 amide bonds. The highest BCUT2D eigenvalue weighted by atomic mass is 32.2. The maximum atomic E-state index is 12.8. The summed E-state index contributed by atoms with van der Waals surface area (Å²) in [5.74, 6) is 0.587. The van der Waals surface area contributed by atoms with Crippen LogP contribution in [0.5, 0.6) is 0 Å². The van der Waals surface area contributed by atoms with Crippen molar-refractivity contribution in [1.82, 2.24) is 4.72 Å². The summed E-state index contributed by atoms with van der Waals surface area (Å²) in [6, 6.07) is 5.51. The molecule has 23 heavy (non-hydrogen) atoms. The first-order valence-corrected chi connectivity index (χ1v) is 8.89. The third kappa shape index (κ3) is 3.65. The Labute approximate surface area is 137 Å². The van der Waals surface area contributed by atoms with Crippen LogP contribution in [0.3, 0.4) is 0 Å². The van der Waals surface area contributed by atoms with Gasteiger partial charge in [-0.15, -0.1) is 0 Å². The van der Waals surface area contributed by atoms with E-state index in [0.29, 0.717) is 10.7 Å². The Bertz CT molecular complexity index is 753. The van der Waals surface area contributed by atoms with Crippen LogP contribution in [0.25, 0.3) is 0 Å². The van der Waals surface area contributed by atoms with E-state index in [1.165, 1.54) is 13.4 Å². The molecule has 0 radical (unpaired) electrons. The van der Waals surface area contributed by atoms with Crippen molar-refractivity contribution in [2.75, 3.05) is 13.7 Å². The standard InChI is InChI=1S/C17H23NO4S/c1-11-9-12(2)14(4)17(13(11)3)23(19,20)18-10-16(21-5)15-7-6-8-22-15/h6-9,16,18H,10H2,1-5H3.